The van der Waals surface area contributed by atoms with E-state index >= 15 is 0 Å². The van der Waals surface area contributed by atoms with Crippen molar-refractivity contribution in [3.63, 3.8) is 0 Å². The Balaban J connectivity index is 1.48. The molecule has 0 amide bonds. The molecule has 3 unspecified atom stereocenters. The highest BCUT2D eigenvalue weighted by atomic mass is 35.5. The van der Waals surface area contributed by atoms with E-state index < -0.39 is 30.1 Å². The van der Waals surface area contributed by atoms with Gasteiger partial charge in [-0.2, -0.15) is 0 Å². The smallest absolute Gasteiger partial charge is 0.141 e. The largest absolute Gasteiger partial charge is 0.390 e. The molecule has 4 aliphatic rings. The minimum absolute atomic E-state index is 0.0146. The molecule has 0 aromatic carbocycles. The maximum absolute atomic E-state index is 11.0. The Morgan fingerprint density at radius 3 is 2.63 bits per heavy atom. The third kappa shape index (κ3) is 3.53. The average Bonchev–Trinajstić information content (AvgIpc) is 3.16. The van der Waals surface area contributed by atoms with Gasteiger partial charge in [-0.15, -0.1) is 11.6 Å². The molecule has 4 fully saturated rings. The Morgan fingerprint density at radius 2 is 1.93 bits per heavy atom. The Morgan fingerprint density at radius 1 is 1.22 bits per heavy atom. The third-order valence-electron chi connectivity index (χ3n) is 7.15. The molecule has 7 N–H and O–H groups in total. The van der Waals surface area contributed by atoms with E-state index in [0.29, 0.717) is 6.67 Å². The molecule has 27 heavy (non-hydrogen) atoms. The lowest BCUT2D eigenvalue weighted by molar-refractivity contribution is -0.146. The summed E-state index contributed by atoms with van der Waals surface area (Å²) in [6.45, 7) is 2.87. The molecule has 3 heterocycles. The molecule has 156 valence electrons. The number of hydrogen-bond acceptors (Lipinski definition) is 8. The number of nitrogens with zero attached hydrogens (tertiary/aromatic N) is 1. The summed E-state index contributed by atoms with van der Waals surface area (Å²) in [4.78, 5) is 2.05. The van der Waals surface area contributed by atoms with Gasteiger partial charge in [-0.3, -0.25) is 15.5 Å². The van der Waals surface area contributed by atoms with E-state index in [1.165, 1.54) is 0 Å². The van der Waals surface area contributed by atoms with Crippen LogP contribution in [0.4, 0.5) is 0 Å². The number of halogens is 1. The van der Waals surface area contributed by atoms with Crippen LogP contribution >= 0.6 is 11.6 Å². The molecular weight excluding hydrogens is 372 g/mol. The number of likely N-dealkylation sites (tertiary alicyclic amines) is 1. The quantitative estimate of drug-likeness (QED) is 0.333. The molecule has 3 saturated heterocycles. The fraction of sp³-hybridized carbons (Fsp3) is 1.00. The van der Waals surface area contributed by atoms with Gasteiger partial charge < -0.3 is 25.8 Å². The van der Waals surface area contributed by atoms with E-state index in [1.807, 2.05) is 4.90 Å². The van der Waals surface area contributed by atoms with Gasteiger partial charge in [-0.05, 0) is 44.9 Å². The molecule has 1 aliphatic carbocycles. The summed E-state index contributed by atoms with van der Waals surface area (Å²) in [5.41, 5.74) is 4.65. The fourth-order valence-corrected chi connectivity index (χ4v) is 5.63. The number of alkyl halides is 1. The Bertz CT molecular complexity index is 533. The van der Waals surface area contributed by atoms with Crippen LogP contribution in [0.1, 0.15) is 39.0 Å². The average molecular weight is 405 g/mol. The SMILES string of the molecule is C[C@@]1(O)[C@@H]([C@H](O)C2CCC(Cl)CC2)O[C@@H](N2CCC3C(N)NCNC32)[C@@H]1O. The minimum atomic E-state index is -1.52. The zero-order chi connectivity index (χ0) is 19.3. The first-order chi connectivity index (χ1) is 12.8. The van der Waals surface area contributed by atoms with E-state index in [2.05, 4.69) is 10.6 Å². The van der Waals surface area contributed by atoms with E-state index in [1.54, 1.807) is 6.92 Å². The molecule has 0 aromatic heterocycles. The van der Waals surface area contributed by atoms with Crippen LogP contribution in [0.3, 0.4) is 0 Å². The number of aliphatic hydroxyl groups excluding tert-OH is 2. The summed E-state index contributed by atoms with van der Waals surface area (Å²) in [5.74, 6) is 0.238. The van der Waals surface area contributed by atoms with Gasteiger partial charge in [0, 0.05) is 24.5 Å². The van der Waals surface area contributed by atoms with Crippen molar-refractivity contribution in [1.82, 2.24) is 15.5 Å². The van der Waals surface area contributed by atoms with Gasteiger partial charge in [0.15, 0.2) is 0 Å². The molecule has 1 saturated carbocycles. The van der Waals surface area contributed by atoms with Gasteiger partial charge in [0.2, 0.25) is 0 Å². The highest BCUT2D eigenvalue weighted by Crippen LogP contribution is 2.42. The molecule has 3 aliphatic heterocycles. The molecule has 9 heteroatoms. The summed E-state index contributed by atoms with van der Waals surface area (Å²) in [6.07, 6.45) is 0.660. The van der Waals surface area contributed by atoms with E-state index in [0.717, 1.165) is 38.6 Å². The van der Waals surface area contributed by atoms with Gasteiger partial charge >= 0.3 is 0 Å². The van der Waals surface area contributed by atoms with Gasteiger partial charge in [-0.25, -0.2) is 0 Å². The molecule has 0 spiro atoms. The lowest BCUT2D eigenvalue weighted by atomic mass is 9.79. The van der Waals surface area contributed by atoms with E-state index in [9.17, 15) is 15.3 Å². The summed E-state index contributed by atoms with van der Waals surface area (Å²) >= 11 is 6.18. The summed E-state index contributed by atoms with van der Waals surface area (Å²) in [5, 5.41) is 39.6. The maximum Gasteiger partial charge on any atom is 0.141 e. The topological polar surface area (TPSA) is 123 Å². The first-order valence-electron chi connectivity index (χ1n) is 10.2. The number of ether oxygens (including phenoxy) is 1. The van der Waals surface area contributed by atoms with Gasteiger partial charge in [0.05, 0.1) is 18.4 Å². The van der Waals surface area contributed by atoms with E-state index in [4.69, 9.17) is 22.1 Å². The Kier molecular flexibility index (Phi) is 5.75. The molecular formula is C18H33ClN4O4. The molecule has 0 bridgehead atoms. The predicted molar refractivity (Wildman–Crippen MR) is 101 cm³/mol. The summed E-state index contributed by atoms with van der Waals surface area (Å²) < 4.78 is 6.14. The number of fused-ring (bicyclic) bond motifs is 1. The molecule has 0 aromatic rings. The highest BCUT2D eigenvalue weighted by Gasteiger charge is 2.59. The lowest BCUT2D eigenvalue weighted by Crippen LogP contribution is -2.64. The van der Waals surface area contributed by atoms with Crippen molar-refractivity contribution in [2.24, 2.45) is 17.6 Å². The van der Waals surface area contributed by atoms with Crippen molar-refractivity contribution in [2.45, 2.75) is 86.9 Å². The number of aliphatic hydroxyl groups is 3. The molecule has 8 atom stereocenters. The van der Waals surface area contributed by atoms with Gasteiger partial charge in [-0.1, -0.05) is 0 Å². The van der Waals surface area contributed by atoms with Crippen molar-refractivity contribution in [3.8, 4) is 0 Å². The minimum Gasteiger partial charge on any atom is -0.390 e. The van der Waals surface area contributed by atoms with Crippen LogP contribution in [0.15, 0.2) is 0 Å². The third-order valence-corrected chi connectivity index (χ3v) is 7.58. The van der Waals surface area contributed by atoms with Crippen molar-refractivity contribution >= 4 is 11.6 Å². The van der Waals surface area contributed by atoms with Crippen LogP contribution in [-0.2, 0) is 4.74 Å². The van der Waals surface area contributed by atoms with Crippen LogP contribution in [0.2, 0.25) is 0 Å². The van der Waals surface area contributed by atoms with Crippen LogP contribution in [0.5, 0.6) is 0 Å². The first-order valence-corrected chi connectivity index (χ1v) is 10.6. The van der Waals surface area contributed by atoms with Crippen molar-refractivity contribution in [2.75, 3.05) is 13.2 Å². The Labute approximate surface area is 165 Å². The van der Waals surface area contributed by atoms with Gasteiger partial charge in [0.25, 0.3) is 0 Å². The molecule has 8 nitrogen and oxygen atoms in total. The molecule has 0 radical (unpaired) electrons. The van der Waals surface area contributed by atoms with Crippen LogP contribution in [0, 0.1) is 11.8 Å². The highest BCUT2D eigenvalue weighted by molar-refractivity contribution is 6.20. The van der Waals surface area contributed by atoms with Crippen molar-refractivity contribution in [1.29, 1.82) is 0 Å². The maximum atomic E-state index is 11.0. The van der Waals surface area contributed by atoms with Crippen LogP contribution in [-0.4, -0.2) is 81.3 Å². The van der Waals surface area contributed by atoms with Crippen LogP contribution < -0.4 is 16.4 Å². The lowest BCUT2D eigenvalue weighted by Gasteiger charge is -2.39. The number of hydrogen-bond donors (Lipinski definition) is 6. The standard InChI is InChI=1S/C18H33ClN4O4/c1-18(26)13(25)17(23-7-6-11-15(20)21-8-22-16(11)23)27-14(18)12(24)9-2-4-10(19)5-3-9/h9-17,21-22,24-26H,2-8,20H2,1H3/t9?,10?,11?,12-,13+,14-,15?,16?,17-,18+/m1/s1. The van der Waals surface area contributed by atoms with Gasteiger partial charge in [0.1, 0.15) is 24.0 Å². The molecule has 4 rings (SSSR count). The second-order valence-electron chi connectivity index (χ2n) is 8.87. The zero-order valence-corrected chi connectivity index (χ0v) is 16.6. The van der Waals surface area contributed by atoms with Crippen LogP contribution in [0.25, 0.3) is 0 Å². The number of rotatable bonds is 3. The zero-order valence-electron chi connectivity index (χ0n) is 15.8. The monoisotopic (exact) mass is 404 g/mol. The number of nitrogens with one attached hydrogen (secondary N) is 2. The Hall–Kier alpha value is -0.0300. The normalized spacial score (nSPS) is 52.7. The predicted octanol–water partition coefficient (Wildman–Crippen LogP) is -0.935. The number of nitrogens with two attached hydrogens (primary N) is 1. The fourth-order valence-electron chi connectivity index (χ4n) is 5.38. The summed E-state index contributed by atoms with van der Waals surface area (Å²) in [6, 6.07) is 0. The summed E-state index contributed by atoms with van der Waals surface area (Å²) in [7, 11) is 0. The van der Waals surface area contributed by atoms with Crippen molar-refractivity contribution < 1.29 is 20.1 Å². The first kappa shape index (κ1) is 20.3. The van der Waals surface area contributed by atoms with E-state index in [-0.39, 0.29) is 29.5 Å². The second kappa shape index (κ2) is 7.66. The second-order valence-corrected chi connectivity index (χ2v) is 9.48. The van der Waals surface area contributed by atoms with Crippen molar-refractivity contribution in [3.05, 3.63) is 0 Å².